The van der Waals surface area contributed by atoms with Crippen LogP contribution < -0.4 is 0 Å². The van der Waals surface area contributed by atoms with E-state index < -0.39 is 0 Å². The van der Waals surface area contributed by atoms with E-state index in [1.54, 1.807) is 6.21 Å². The molecule has 1 N–H and O–H groups in total. The molecule has 0 unspecified atom stereocenters. The molecule has 3 heteroatoms. The zero-order chi connectivity index (χ0) is 7.11. The fraction of sp³-hybridized carbons (Fsp3) is 0.667. The van der Waals surface area contributed by atoms with Gasteiger partial charge in [0.15, 0.2) is 0 Å². The lowest BCUT2D eigenvalue weighted by molar-refractivity contribution is 0.423. The average Bonchev–Trinajstić information content (AvgIpc) is 1.80. The number of rotatable bonds is 4. The zero-order valence-electron chi connectivity index (χ0n) is 5.96. The maximum absolute atomic E-state index is 6.55. The highest BCUT2D eigenvalue weighted by Gasteiger charge is 1.83. The molecule has 0 amide bonds. The quantitative estimate of drug-likeness (QED) is 0.436. The molecule has 0 spiro atoms. The molecule has 0 aromatic carbocycles. The molecular formula is C6H13N3. The molecule has 0 radical (unpaired) electrons. The predicted molar refractivity (Wildman–Crippen MR) is 40.4 cm³/mol. The zero-order valence-corrected chi connectivity index (χ0v) is 5.96. The molecule has 0 aliphatic carbocycles. The fourth-order valence-electron chi connectivity index (χ4n) is 0.443. The minimum atomic E-state index is 0.919. The Hall–Kier alpha value is -0.700. The SMILES string of the molecule is CN(C)CC/C=N\C=N. The normalized spacial score (nSPS) is 11.0. The highest BCUT2D eigenvalue weighted by Crippen LogP contribution is 1.77. The van der Waals surface area contributed by atoms with Crippen molar-refractivity contribution in [1.29, 1.82) is 5.41 Å². The molecule has 0 saturated heterocycles. The summed E-state index contributed by atoms with van der Waals surface area (Å²) in [5, 5.41) is 6.55. The summed E-state index contributed by atoms with van der Waals surface area (Å²) in [7, 11) is 4.02. The maximum atomic E-state index is 6.55. The minimum absolute atomic E-state index is 0.919. The molecule has 0 aliphatic rings. The van der Waals surface area contributed by atoms with E-state index in [1.807, 2.05) is 14.1 Å². The monoisotopic (exact) mass is 127 g/mol. The van der Waals surface area contributed by atoms with E-state index in [9.17, 15) is 0 Å². The van der Waals surface area contributed by atoms with E-state index in [0.29, 0.717) is 0 Å². The van der Waals surface area contributed by atoms with Crippen molar-refractivity contribution >= 4 is 12.6 Å². The van der Waals surface area contributed by atoms with Gasteiger partial charge in [-0.2, -0.15) is 0 Å². The highest BCUT2D eigenvalue weighted by molar-refractivity contribution is 5.70. The molecule has 0 aliphatic heterocycles. The van der Waals surface area contributed by atoms with Crippen LogP contribution in [0.4, 0.5) is 0 Å². The van der Waals surface area contributed by atoms with Gasteiger partial charge in [-0.05, 0) is 20.5 Å². The van der Waals surface area contributed by atoms with Crippen LogP contribution in [0.3, 0.4) is 0 Å². The van der Waals surface area contributed by atoms with Gasteiger partial charge >= 0.3 is 0 Å². The number of nitrogens with zero attached hydrogens (tertiary/aromatic N) is 2. The molecule has 9 heavy (non-hydrogen) atoms. The van der Waals surface area contributed by atoms with Gasteiger partial charge in [-0.15, -0.1) is 0 Å². The van der Waals surface area contributed by atoms with Crippen molar-refractivity contribution in [2.45, 2.75) is 6.42 Å². The van der Waals surface area contributed by atoms with E-state index >= 15 is 0 Å². The molecule has 0 aromatic heterocycles. The Morgan fingerprint density at radius 2 is 2.22 bits per heavy atom. The van der Waals surface area contributed by atoms with Crippen molar-refractivity contribution in [1.82, 2.24) is 4.90 Å². The Morgan fingerprint density at radius 1 is 1.56 bits per heavy atom. The van der Waals surface area contributed by atoms with Crippen LogP contribution in [0.1, 0.15) is 6.42 Å². The van der Waals surface area contributed by atoms with Gasteiger partial charge in [0.2, 0.25) is 0 Å². The maximum Gasteiger partial charge on any atom is 0.106 e. The molecular weight excluding hydrogens is 114 g/mol. The fourth-order valence-corrected chi connectivity index (χ4v) is 0.443. The van der Waals surface area contributed by atoms with Gasteiger partial charge in [-0.1, -0.05) is 0 Å². The molecule has 0 saturated carbocycles. The summed E-state index contributed by atoms with van der Waals surface area (Å²) in [4.78, 5) is 5.71. The van der Waals surface area contributed by atoms with E-state index in [-0.39, 0.29) is 0 Å². The molecule has 0 atom stereocenters. The molecule has 0 rings (SSSR count). The second kappa shape index (κ2) is 5.44. The number of aliphatic imine (C=N–C) groups is 1. The Bertz CT molecular complexity index is 96.5. The average molecular weight is 127 g/mol. The second-order valence-electron chi connectivity index (χ2n) is 2.05. The third-order valence-electron chi connectivity index (χ3n) is 0.885. The first-order valence-corrected chi connectivity index (χ1v) is 2.92. The van der Waals surface area contributed by atoms with Crippen LogP contribution in [0.25, 0.3) is 0 Å². The molecule has 52 valence electrons. The molecule has 0 aromatic rings. The summed E-state index contributed by atoms with van der Waals surface area (Å²) >= 11 is 0. The van der Waals surface area contributed by atoms with Gasteiger partial charge in [0, 0.05) is 12.8 Å². The molecule has 0 fully saturated rings. The Labute approximate surface area is 55.9 Å². The van der Waals surface area contributed by atoms with Gasteiger partial charge in [-0.25, -0.2) is 4.99 Å². The van der Waals surface area contributed by atoms with Crippen molar-refractivity contribution in [3.05, 3.63) is 0 Å². The van der Waals surface area contributed by atoms with E-state index in [2.05, 4.69) is 9.89 Å². The Morgan fingerprint density at radius 3 is 2.67 bits per heavy atom. The second-order valence-corrected chi connectivity index (χ2v) is 2.05. The largest absolute Gasteiger partial charge is 0.309 e. The van der Waals surface area contributed by atoms with Crippen molar-refractivity contribution in [3.8, 4) is 0 Å². The lowest BCUT2D eigenvalue weighted by Crippen LogP contribution is -2.12. The third kappa shape index (κ3) is 7.30. The predicted octanol–water partition coefficient (Wildman–Crippen LogP) is 0.616. The van der Waals surface area contributed by atoms with Crippen LogP contribution in [0.15, 0.2) is 4.99 Å². The van der Waals surface area contributed by atoms with Crippen molar-refractivity contribution < 1.29 is 0 Å². The van der Waals surface area contributed by atoms with Crippen LogP contribution in [0.5, 0.6) is 0 Å². The molecule has 0 bridgehead atoms. The molecule has 0 heterocycles. The Kier molecular flexibility index (Phi) is 5.01. The summed E-state index contributed by atoms with van der Waals surface area (Å²) in [6.45, 7) is 0.997. The lowest BCUT2D eigenvalue weighted by Gasteiger charge is -2.04. The summed E-state index contributed by atoms with van der Waals surface area (Å²) in [6, 6.07) is 0. The first kappa shape index (κ1) is 8.30. The van der Waals surface area contributed by atoms with Gasteiger partial charge in [0.1, 0.15) is 6.34 Å². The summed E-state index contributed by atoms with van der Waals surface area (Å²) < 4.78 is 0. The van der Waals surface area contributed by atoms with Gasteiger partial charge in [0.05, 0.1) is 0 Å². The number of hydrogen-bond donors (Lipinski definition) is 1. The Balaban J connectivity index is 3.08. The van der Waals surface area contributed by atoms with Crippen LogP contribution in [0, 0.1) is 5.41 Å². The first-order chi connectivity index (χ1) is 4.27. The van der Waals surface area contributed by atoms with Crippen LogP contribution in [0.2, 0.25) is 0 Å². The summed E-state index contributed by atoms with van der Waals surface area (Å²) in [6.07, 6.45) is 3.71. The molecule has 3 nitrogen and oxygen atoms in total. The minimum Gasteiger partial charge on any atom is -0.309 e. The number of hydrogen-bond acceptors (Lipinski definition) is 2. The third-order valence-corrected chi connectivity index (χ3v) is 0.885. The van der Waals surface area contributed by atoms with Gasteiger partial charge < -0.3 is 4.90 Å². The van der Waals surface area contributed by atoms with E-state index in [0.717, 1.165) is 19.3 Å². The first-order valence-electron chi connectivity index (χ1n) is 2.92. The van der Waals surface area contributed by atoms with Crippen molar-refractivity contribution in [2.24, 2.45) is 4.99 Å². The van der Waals surface area contributed by atoms with Crippen LogP contribution in [-0.4, -0.2) is 38.1 Å². The summed E-state index contributed by atoms with van der Waals surface area (Å²) in [5.41, 5.74) is 0. The van der Waals surface area contributed by atoms with Crippen molar-refractivity contribution in [2.75, 3.05) is 20.6 Å². The standard InChI is InChI=1S/C6H13N3/c1-9(2)5-3-4-8-6-7/h4,6-7H,3,5H2,1-2H3/b7-6?,8-4-. The summed E-state index contributed by atoms with van der Waals surface area (Å²) in [5.74, 6) is 0. The lowest BCUT2D eigenvalue weighted by atomic mass is 10.4. The van der Waals surface area contributed by atoms with Crippen molar-refractivity contribution in [3.63, 3.8) is 0 Å². The van der Waals surface area contributed by atoms with Gasteiger partial charge in [-0.3, -0.25) is 5.41 Å². The van der Waals surface area contributed by atoms with E-state index in [4.69, 9.17) is 5.41 Å². The van der Waals surface area contributed by atoms with E-state index in [1.165, 1.54) is 0 Å². The van der Waals surface area contributed by atoms with Crippen LogP contribution >= 0.6 is 0 Å². The smallest absolute Gasteiger partial charge is 0.106 e. The van der Waals surface area contributed by atoms with Crippen LogP contribution in [-0.2, 0) is 0 Å². The number of nitrogens with one attached hydrogen (secondary N) is 1. The topological polar surface area (TPSA) is 39.5 Å². The highest BCUT2D eigenvalue weighted by atomic mass is 15.0. The van der Waals surface area contributed by atoms with Gasteiger partial charge in [0.25, 0.3) is 0 Å².